The molecule has 3 aromatic rings. The summed E-state index contributed by atoms with van der Waals surface area (Å²) in [6.45, 7) is 1.93. The van der Waals surface area contributed by atoms with Gasteiger partial charge in [0.05, 0.1) is 19.3 Å². The van der Waals surface area contributed by atoms with Crippen molar-refractivity contribution in [3.05, 3.63) is 63.6 Å². The van der Waals surface area contributed by atoms with Crippen molar-refractivity contribution in [3.8, 4) is 40.6 Å². The van der Waals surface area contributed by atoms with E-state index in [0.717, 1.165) is 0 Å². The molecule has 0 bridgehead atoms. The Labute approximate surface area is 182 Å². The standard InChI is InChI=1S/C22H17N5O5/c1-3-31-22(29)13-6-7-26-18(9-13)32-16-5-4-12(8-17(16)30-2)19-14(10-23)20(25)27-21(28)15(19)11-24/h4-9H,3H2,1-2H3,(H3,25,27,28). The van der Waals surface area contributed by atoms with Crippen molar-refractivity contribution >= 4 is 11.8 Å². The van der Waals surface area contributed by atoms with E-state index >= 15 is 0 Å². The molecule has 160 valence electrons. The number of methoxy groups -OCH3 is 1. The highest BCUT2D eigenvalue weighted by molar-refractivity contribution is 5.89. The summed E-state index contributed by atoms with van der Waals surface area (Å²) < 4.78 is 16.1. The first-order valence-electron chi connectivity index (χ1n) is 9.28. The lowest BCUT2D eigenvalue weighted by Gasteiger charge is -2.13. The second kappa shape index (κ2) is 9.32. The number of pyridine rings is 2. The number of aromatic nitrogens is 2. The third-order valence-corrected chi connectivity index (χ3v) is 4.38. The number of benzene rings is 1. The van der Waals surface area contributed by atoms with Crippen molar-refractivity contribution in [2.24, 2.45) is 0 Å². The lowest BCUT2D eigenvalue weighted by molar-refractivity contribution is 0.0526. The van der Waals surface area contributed by atoms with Gasteiger partial charge in [-0.15, -0.1) is 0 Å². The van der Waals surface area contributed by atoms with Crippen LogP contribution < -0.4 is 20.8 Å². The van der Waals surface area contributed by atoms with Crippen molar-refractivity contribution in [1.82, 2.24) is 9.97 Å². The van der Waals surface area contributed by atoms with E-state index in [0.29, 0.717) is 5.56 Å². The van der Waals surface area contributed by atoms with E-state index in [-0.39, 0.29) is 52.1 Å². The minimum Gasteiger partial charge on any atom is -0.493 e. The molecule has 0 aliphatic carbocycles. The van der Waals surface area contributed by atoms with Crippen LogP contribution in [0.15, 0.2) is 41.3 Å². The van der Waals surface area contributed by atoms with Crippen LogP contribution in [0.4, 0.5) is 5.82 Å². The maximum absolute atomic E-state index is 12.2. The van der Waals surface area contributed by atoms with E-state index in [2.05, 4.69) is 9.97 Å². The van der Waals surface area contributed by atoms with Crippen molar-refractivity contribution in [1.29, 1.82) is 10.5 Å². The van der Waals surface area contributed by atoms with E-state index in [1.165, 1.54) is 37.6 Å². The monoisotopic (exact) mass is 431 g/mol. The Morgan fingerprint density at radius 1 is 1.16 bits per heavy atom. The molecule has 2 aromatic heterocycles. The van der Waals surface area contributed by atoms with Gasteiger partial charge in [0.1, 0.15) is 29.1 Å². The molecule has 0 saturated heterocycles. The molecule has 32 heavy (non-hydrogen) atoms. The number of nitrogens with one attached hydrogen (secondary N) is 1. The van der Waals surface area contributed by atoms with Gasteiger partial charge in [-0.2, -0.15) is 10.5 Å². The first-order valence-corrected chi connectivity index (χ1v) is 9.28. The van der Waals surface area contributed by atoms with Crippen molar-refractivity contribution in [2.75, 3.05) is 19.5 Å². The molecule has 10 heteroatoms. The maximum Gasteiger partial charge on any atom is 0.338 e. The lowest BCUT2D eigenvalue weighted by atomic mass is 9.96. The Bertz CT molecular complexity index is 1330. The second-order valence-electron chi connectivity index (χ2n) is 6.29. The summed E-state index contributed by atoms with van der Waals surface area (Å²) in [5, 5.41) is 18.9. The van der Waals surface area contributed by atoms with Crippen LogP contribution in [0, 0.1) is 22.7 Å². The number of carbonyl (C=O) groups is 1. The number of rotatable bonds is 6. The molecule has 1 aromatic carbocycles. The first kappa shape index (κ1) is 21.9. The third-order valence-electron chi connectivity index (χ3n) is 4.38. The molecule has 3 N–H and O–H groups in total. The van der Waals surface area contributed by atoms with Gasteiger partial charge in [0.2, 0.25) is 5.88 Å². The van der Waals surface area contributed by atoms with Crippen LogP contribution in [-0.2, 0) is 4.74 Å². The summed E-state index contributed by atoms with van der Waals surface area (Å²) in [6.07, 6.45) is 1.40. The van der Waals surface area contributed by atoms with Gasteiger partial charge in [-0.25, -0.2) is 9.78 Å². The predicted molar refractivity (Wildman–Crippen MR) is 113 cm³/mol. The zero-order valence-corrected chi connectivity index (χ0v) is 17.1. The Balaban J connectivity index is 2.05. The van der Waals surface area contributed by atoms with E-state index in [1.54, 1.807) is 13.0 Å². The van der Waals surface area contributed by atoms with Gasteiger partial charge < -0.3 is 24.9 Å². The Morgan fingerprint density at radius 2 is 1.91 bits per heavy atom. The van der Waals surface area contributed by atoms with Gasteiger partial charge in [0.15, 0.2) is 11.5 Å². The molecule has 0 aliphatic rings. The molecule has 0 fully saturated rings. The summed E-state index contributed by atoms with van der Waals surface area (Å²) >= 11 is 0. The molecule has 0 unspecified atom stereocenters. The fourth-order valence-corrected chi connectivity index (χ4v) is 2.96. The fourth-order valence-electron chi connectivity index (χ4n) is 2.96. The van der Waals surface area contributed by atoms with E-state index in [1.807, 2.05) is 12.1 Å². The number of H-pyrrole nitrogens is 1. The highest BCUT2D eigenvalue weighted by Crippen LogP contribution is 2.37. The zero-order chi connectivity index (χ0) is 23.3. The van der Waals surface area contributed by atoms with Gasteiger partial charge in [-0.3, -0.25) is 4.79 Å². The molecular weight excluding hydrogens is 414 g/mol. The highest BCUT2D eigenvalue weighted by atomic mass is 16.5. The van der Waals surface area contributed by atoms with Gasteiger partial charge in [0.25, 0.3) is 5.56 Å². The van der Waals surface area contributed by atoms with Crippen molar-refractivity contribution in [2.45, 2.75) is 6.92 Å². The Morgan fingerprint density at radius 3 is 2.56 bits per heavy atom. The van der Waals surface area contributed by atoms with Crippen LogP contribution in [0.3, 0.4) is 0 Å². The second-order valence-corrected chi connectivity index (χ2v) is 6.29. The van der Waals surface area contributed by atoms with Crippen LogP contribution in [0.1, 0.15) is 28.4 Å². The number of nitriles is 2. The number of nitrogens with zero attached hydrogens (tertiary/aromatic N) is 3. The fraction of sp³-hybridized carbons (Fsp3) is 0.136. The van der Waals surface area contributed by atoms with E-state index in [9.17, 15) is 20.1 Å². The number of hydrogen-bond acceptors (Lipinski definition) is 9. The normalized spacial score (nSPS) is 10.0. The number of nitrogen functional groups attached to an aromatic ring is 1. The van der Waals surface area contributed by atoms with Crippen molar-refractivity contribution in [3.63, 3.8) is 0 Å². The summed E-state index contributed by atoms with van der Waals surface area (Å²) in [6, 6.07) is 11.2. The van der Waals surface area contributed by atoms with Crippen LogP contribution in [-0.4, -0.2) is 29.7 Å². The largest absolute Gasteiger partial charge is 0.493 e. The minimum absolute atomic E-state index is 0.0410. The van der Waals surface area contributed by atoms with Gasteiger partial charge in [-0.1, -0.05) is 6.07 Å². The minimum atomic E-state index is -0.710. The predicted octanol–water partition coefficient (Wildman–Crippen LogP) is 2.74. The molecular formula is C22H17N5O5. The number of esters is 1. The lowest BCUT2D eigenvalue weighted by Crippen LogP contribution is -2.16. The van der Waals surface area contributed by atoms with Crippen LogP contribution in [0.25, 0.3) is 11.1 Å². The van der Waals surface area contributed by atoms with E-state index in [4.69, 9.17) is 19.9 Å². The Hall–Kier alpha value is -4.83. The Kier molecular flexibility index (Phi) is 6.37. The molecule has 0 amide bonds. The summed E-state index contributed by atoms with van der Waals surface area (Å²) in [7, 11) is 1.40. The number of anilines is 1. The number of carbonyl (C=O) groups excluding carboxylic acids is 1. The van der Waals surface area contributed by atoms with E-state index < -0.39 is 11.5 Å². The topological polar surface area (TPSA) is 164 Å². The van der Waals surface area contributed by atoms with Gasteiger partial charge in [-0.05, 0) is 30.7 Å². The SMILES string of the molecule is CCOC(=O)c1ccnc(Oc2ccc(-c3c(C#N)c(N)[nH]c(=O)c3C#N)cc2OC)c1. The molecule has 0 aliphatic heterocycles. The molecule has 2 heterocycles. The average Bonchev–Trinajstić information content (AvgIpc) is 2.79. The summed E-state index contributed by atoms with van der Waals surface area (Å²) in [5.74, 6) is -0.0534. The van der Waals surface area contributed by atoms with Gasteiger partial charge >= 0.3 is 5.97 Å². The summed E-state index contributed by atoms with van der Waals surface area (Å²) in [4.78, 5) is 30.5. The maximum atomic E-state index is 12.2. The van der Waals surface area contributed by atoms with Crippen molar-refractivity contribution < 1.29 is 19.0 Å². The quantitative estimate of drug-likeness (QED) is 0.558. The number of hydrogen-bond donors (Lipinski definition) is 2. The van der Waals surface area contributed by atoms with Gasteiger partial charge in [0, 0.05) is 17.8 Å². The molecule has 10 nitrogen and oxygen atoms in total. The highest BCUT2D eigenvalue weighted by Gasteiger charge is 2.20. The third kappa shape index (κ3) is 4.20. The molecule has 3 rings (SSSR count). The number of aromatic amines is 1. The van der Waals surface area contributed by atoms with Crippen LogP contribution >= 0.6 is 0 Å². The van der Waals surface area contributed by atoms with Crippen LogP contribution in [0.2, 0.25) is 0 Å². The zero-order valence-electron chi connectivity index (χ0n) is 17.1. The number of nitrogens with two attached hydrogens (primary N) is 1. The molecule has 0 spiro atoms. The van der Waals surface area contributed by atoms with Crippen LogP contribution in [0.5, 0.6) is 17.4 Å². The number of ether oxygens (including phenoxy) is 3. The molecule has 0 saturated carbocycles. The smallest absolute Gasteiger partial charge is 0.338 e. The average molecular weight is 431 g/mol. The summed E-state index contributed by atoms with van der Waals surface area (Å²) in [5.41, 5.74) is 5.47. The molecule has 0 atom stereocenters. The first-order chi connectivity index (χ1) is 15.4. The molecule has 0 radical (unpaired) electrons.